The third kappa shape index (κ3) is 7.78. The van der Waals surface area contributed by atoms with Crippen LogP contribution in [-0.2, 0) is 16.0 Å². The molecule has 11 heteroatoms. The molecular formula is C25H29N7O4. The average molecular weight is 492 g/mol. The second kappa shape index (κ2) is 13.4. The van der Waals surface area contributed by atoms with Crippen molar-refractivity contribution in [2.75, 3.05) is 11.9 Å². The highest BCUT2D eigenvalue weighted by atomic mass is 16.5. The summed E-state index contributed by atoms with van der Waals surface area (Å²) in [6, 6.07) is 11.7. The van der Waals surface area contributed by atoms with E-state index in [1.54, 1.807) is 54.7 Å². The van der Waals surface area contributed by atoms with Crippen LogP contribution in [0.4, 0.5) is 5.69 Å². The number of H-pyrrole nitrogens is 1. The van der Waals surface area contributed by atoms with Gasteiger partial charge >= 0.3 is 0 Å². The van der Waals surface area contributed by atoms with Crippen LogP contribution < -0.4 is 27.6 Å². The van der Waals surface area contributed by atoms with E-state index in [1.165, 1.54) is 11.8 Å². The van der Waals surface area contributed by atoms with E-state index in [0.29, 0.717) is 23.2 Å². The normalized spacial score (nSPS) is 11.6. The molecule has 0 fully saturated rings. The molecule has 0 unspecified atom stereocenters. The predicted molar refractivity (Wildman–Crippen MR) is 135 cm³/mol. The van der Waals surface area contributed by atoms with Crippen molar-refractivity contribution in [2.45, 2.75) is 25.9 Å². The lowest BCUT2D eigenvalue weighted by Crippen LogP contribution is -2.50. The number of hydrogen-bond donors (Lipinski definition) is 7. The third-order valence-electron chi connectivity index (χ3n) is 4.95. The van der Waals surface area contributed by atoms with E-state index in [-0.39, 0.29) is 19.9 Å². The van der Waals surface area contributed by atoms with Gasteiger partial charge < -0.3 is 27.1 Å². The lowest BCUT2D eigenvalue weighted by atomic mass is 10.1. The van der Waals surface area contributed by atoms with Crippen molar-refractivity contribution in [3.8, 4) is 11.8 Å². The largest absolute Gasteiger partial charge is 0.348 e. The van der Waals surface area contributed by atoms with Crippen LogP contribution in [0.5, 0.6) is 0 Å². The molecule has 36 heavy (non-hydrogen) atoms. The van der Waals surface area contributed by atoms with E-state index >= 15 is 0 Å². The van der Waals surface area contributed by atoms with Gasteiger partial charge in [-0.05, 0) is 48.5 Å². The van der Waals surface area contributed by atoms with Crippen molar-refractivity contribution >= 4 is 23.4 Å². The molecule has 0 radical (unpaired) electrons. The molecule has 0 bridgehead atoms. The molecule has 0 aliphatic rings. The van der Waals surface area contributed by atoms with E-state index in [4.69, 9.17) is 16.7 Å². The summed E-state index contributed by atoms with van der Waals surface area (Å²) in [6.45, 7) is -0.165. The maximum atomic E-state index is 12.3. The summed E-state index contributed by atoms with van der Waals surface area (Å²) in [4.78, 5) is 42.8. The van der Waals surface area contributed by atoms with Crippen molar-refractivity contribution in [1.29, 1.82) is 0 Å². The van der Waals surface area contributed by atoms with Crippen LogP contribution in [0.2, 0.25) is 0 Å². The first-order chi connectivity index (χ1) is 16.9. The molecule has 2 atom stereocenters. The lowest BCUT2D eigenvalue weighted by molar-refractivity contribution is -0.130. The number of hydrogen-bond acceptors (Lipinski definition) is 7. The van der Waals surface area contributed by atoms with Gasteiger partial charge in [0, 0.05) is 47.2 Å². The lowest BCUT2D eigenvalue weighted by Gasteiger charge is -2.14. The topological polar surface area (TPSA) is 188 Å². The number of imidazole rings is 1. The number of amides is 3. The Morgan fingerprint density at radius 1 is 1.00 bits per heavy atom. The van der Waals surface area contributed by atoms with E-state index in [9.17, 15) is 14.4 Å². The highest BCUT2D eigenvalue weighted by Crippen LogP contribution is 2.10. The number of carbonyl (C=O) groups is 3. The van der Waals surface area contributed by atoms with Gasteiger partial charge in [0.25, 0.3) is 11.8 Å². The fourth-order valence-electron chi connectivity index (χ4n) is 3.00. The minimum absolute atomic E-state index is 0. The number of nitrogens with two attached hydrogens (primary N) is 2. The van der Waals surface area contributed by atoms with Crippen LogP contribution in [0.3, 0.4) is 0 Å². The minimum atomic E-state index is -1.05. The summed E-state index contributed by atoms with van der Waals surface area (Å²) < 4.78 is 0. The fourth-order valence-corrected chi connectivity index (χ4v) is 3.00. The zero-order valence-corrected chi connectivity index (χ0v) is 18.6. The second-order valence-corrected chi connectivity index (χ2v) is 7.52. The van der Waals surface area contributed by atoms with Gasteiger partial charge in [-0.25, -0.2) is 10.5 Å². The maximum absolute atomic E-state index is 12.3. The molecule has 0 saturated heterocycles. The second-order valence-electron chi connectivity index (χ2n) is 7.52. The van der Waals surface area contributed by atoms with Crippen molar-refractivity contribution in [2.24, 2.45) is 11.5 Å². The predicted octanol–water partition coefficient (Wildman–Crippen LogP) is 0.517. The molecule has 1 heterocycles. The molecular weight excluding hydrogens is 462 g/mol. The fraction of sp³-hybridized carbons (Fsp3) is 0.200. The standard InChI is InChI=1S/C24H25N7O4.CH4/c25-12-21(24(34)31-35)30-22(32)17-7-3-15(4-8-17)1-2-16-5-9-18(10-6-16)29-23(33)20(26)11-19-13-27-14-28-19;/h3-10,13-14,20-21,35H,11-12,25-26H2,(H,27,28)(H,29,33)(H,30,32)(H,31,34);1H4/t20-,21-;/m0./s1. The number of aromatic nitrogens is 2. The number of anilines is 1. The molecule has 1 aromatic heterocycles. The van der Waals surface area contributed by atoms with E-state index in [0.717, 1.165) is 11.3 Å². The van der Waals surface area contributed by atoms with Crippen molar-refractivity contribution in [1.82, 2.24) is 20.8 Å². The van der Waals surface area contributed by atoms with Gasteiger partial charge in [0.05, 0.1) is 12.4 Å². The number of aromatic amines is 1. The van der Waals surface area contributed by atoms with Gasteiger partial charge in [-0.3, -0.25) is 19.6 Å². The molecule has 0 saturated carbocycles. The number of nitrogens with one attached hydrogen (secondary N) is 4. The highest BCUT2D eigenvalue weighted by Gasteiger charge is 2.19. The number of nitrogens with zero attached hydrogens (tertiary/aromatic N) is 1. The van der Waals surface area contributed by atoms with E-state index in [2.05, 4.69) is 32.4 Å². The maximum Gasteiger partial charge on any atom is 0.267 e. The number of hydroxylamine groups is 1. The molecule has 3 amide bonds. The Morgan fingerprint density at radius 2 is 1.61 bits per heavy atom. The quantitative estimate of drug-likeness (QED) is 0.136. The Morgan fingerprint density at radius 3 is 2.14 bits per heavy atom. The van der Waals surface area contributed by atoms with E-state index < -0.39 is 23.9 Å². The third-order valence-corrected chi connectivity index (χ3v) is 4.95. The molecule has 188 valence electrons. The van der Waals surface area contributed by atoms with Crippen molar-refractivity contribution < 1.29 is 19.6 Å². The van der Waals surface area contributed by atoms with Gasteiger partial charge in [0.1, 0.15) is 6.04 Å². The molecule has 0 aliphatic carbocycles. The molecule has 0 aliphatic heterocycles. The smallest absolute Gasteiger partial charge is 0.267 e. The van der Waals surface area contributed by atoms with Crippen LogP contribution in [0, 0.1) is 11.8 Å². The van der Waals surface area contributed by atoms with Crippen molar-refractivity contribution in [3.63, 3.8) is 0 Å². The summed E-state index contributed by atoms with van der Waals surface area (Å²) in [7, 11) is 0. The Balaban J connectivity index is 0.00000456. The Kier molecular flexibility index (Phi) is 10.3. The Bertz CT molecular complexity index is 1210. The SMILES string of the molecule is C.NC[C@H](NC(=O)c1ccc(C#Cc2ccc(NC(=O)[C@@H](N)Cc3cnc[nH]3)cc2)cc1)C(=O)NO. The monoisotopic (exact) mass is 491 g/mol. The van der Waals surface area contributed by atoms with Crippen LogP contribution in [0.15, 0.2) is 61.1 Å². The zero-order chi connectivity index (χ0) is 25.2. The molecule has 3 rings (SSSR count). The van der Waals surface area contributed by atoms with Crippen LogP contribution >= 0.6 is 0 Å². The van der Waals surface area contributed by atoms with Gasteiger partial charge in [-0.15, -0.1) is 0 Å². The first-order valence-corrected chi connectivity index (χ1v) is 10.6. The van der Waals surface area contributed by atoms with Crippen LogP contribution in [-0.4, -0.2) is 51.5 Å². The van der Waals surface area contributed by atoms with Crippen molar-refractivity contribution in [3.05, 3.63) is 83.4 Å². The number of carbonyl (C=O) groups excluding carboxylic acids is 3. The Hall–Kier alpha value is -4.50. The summed E-state index contributed by atoms with van der Waals surface area (Å²) in [5.41, 5.74) is 15.9. The molecule has 3 aromatic rings. The highest BCUT2D eigenvalue weighted by molar-refractivity contribution is 5.97. The van der Waals surface area contributed by atoms with Crippen LogP contribution in [0.25, 0.3) is 0 Å². The molecule has 9 N–H and O–H groups in total. The summed E-state index contributed by atoms with van der Waals surface area (Å²) in [5, 5.41) is 13.9. The van der Waals surface area contributed by atoms with Gasteiger partial charge in [0.2, 0.25) is 5.91 Å². The number of rotatable bonds is 8. The average Bonchev–Trinajstić information content (AvgIpc) is 3.39. The molecule has 11 nitrogen and oxygen atoms in total. The zero-order valence-electron chi connectivity index (χ0n) is 18.6. The minimum Gasteiger partial charge on any atom is -0.348 e. The molecule has 2 aromatic carbocycles. The number of benzene rings is 2. The van der Waals surface area contributed by atoms with Gasteiger partial charge in [0.15, 0.2) is 0 Å². The van der Waals surface area contributed by atoms with E-state index in [1.807, 2.05) is 0 Å². The van der Waals surface area contributed by atoms with Gasteiger partial charge in [-0.1, -0.05) is 19.3 Å². The van der Waals surface area contributed by atoms with Gasteiger partial charge in [-0.2, -0.15) is 0 Å². The summed E-state index contributed by atoms with van der Waals surface area (Å²) in [5.74, 6) is 4.39. The summed E-state index contributed by atoms with van der Waals surface area (Å²) in [6.07, 6.45) is 3.50. The summed E-state index contributed by atoms with van der Waals surface area (Å²) >= 11 is 0. The molecule has 0 spiro atoms. The first-order valence-electron chi connectivity index (χ1n) is 10.6. The Labute approximate surface area is 208 Å². The first kappa shape index (κ1) is 27.7. The van der Waals surface area contributed by atoms with Crippen LogP contribution in [0.1, 0.15) is 34.6 Å².